The predicted molar refractivity (Wildman–Crippen MR) is 102 cm³/mol. The van der Waals surface area contributed by atoms with Crippen LogP contribution in [0.2, 0.25) is 0 Å². The topological polar surface area (TPSA) is 120 Å². The fraction of sp³-hybridized carbons (Fsp3) is 0. The maximum Gasteiger partial charge on any atom is 3.00 e. The van der Waals surface area contributed by atoms with Gasteiger partial charge in [0, 0.05) is 0 Å². The molecule has 3 aromatic carbocycles. The first kappa shape index (κ1) is 24.9. The summed E-state index contributed by atoms with van der Waals surface area (Å²) in [5.74, 6) is -1.37. The molecule has 28 heavy (non-hydrogen) atoms. The van der Waals surface area contributed by atoms with Gasteiger partial charge in [0.05, 0.1) is 0 Å². The minimum absolute atomic E-state index is 0. The summed E-state index contributed by atoms with van der Waals surface area (Å²) in [7, 11) is 0. The Morgan fingerprint density at radius 2 is 0.607 bits per heavy atom. The molecule has 0 N–H and O–H groups in total. The zero-order chi connectivity index (χ0) is 20.1. The summed E-state index contributed by atoms with van der Waals surface area (Å²) in [4.78, 5) is 31.5. The summed E-state index contributed by atoms with van der Waals surface area (Å²) in [6.45, 7) is 0. The standard InChI is InChI=1S/3C7H6O2.In/c3*8-6-4-2-1-3-5-7(6)9;/h3*1-5H,(H,8,9);/q;;;+3/p-3. The van der Waals surface area contributed by atoms with Crippen molar-refractivity contribution >= 4 is 25.8 Å². The zero-order valence-electron chi connectivity index (χ0n) is 14.7. The molecular formula is C21H15InO6. The summed E-state index contributed by atoms with van der Waals surface area (Å²) >= 11 is 0. The molecule has 0 saturated heterocycles. The SMILES string of the molecule is O=c1cccccc1[O-].O=c1cccccc1[O-].O=c1cccccc1[O-].[In+3]. The molecule has 3 rings (SSSR count). The van der Waals surface area contributed by atoms with Crippen LogP contribution in [0, 0.1) is 0 Å². The minimum Gasteiger partial charge on any atom is -0.870 e. The molecule has 3 aromatic rings. The quantitative estimate of drug-likeness (QED) is 0.448. The fourth-order valence-corrected chi connectivity index (χ4v) is 1.54. The molecule has 0 amide bonds. The Kier molecular flexibility index (Phi) is 12.5. The normalized spacial score (nSPS) is 8.57. The first-order valence-corrected chi connectivity index (χ1v) is 7.71. The van der Waals surface area contributed by atoms with Crippen LogP contribution in [0.15, 0.2) is 105 Å². The molecule has 0 aliphatic rings. The van der Waals surface area contributed by atoms with Crippen molar-refractivity contribution in [1.29, 1.82) is 0 Å². The van der Waals surface area contributed by atoms with Gasteiger partial charge in [-0.2, -0.15) is 0 Å². The third-order valence-corrected chi connectivity index (χ3v) is 2.88. The van der Waals surface area contributed by atoms with Gasteiger partial charge < -0.3 is 15.3 Å². The second-order valence-corrected chi connectivity index (χ2v) is 4.92. The van der Waals surface area contributed by atoms with Gasteiger partial charge >= 0.3 is 25.8 Å². The summed E-state index contributed by atoms with van der Waals surface area (Å²) in [6, 6.07) is 21.7. The third-order valence-electron chi connectivity index (χ3n) is 2.88. The van der Waals surface area contributed by atoms with Crippen LogP contribution in [-0.2, 0) is 0 Å². The third kappa shape index (κ3) is 10.2. The van der Waals surface area contributed by atoms with E-state index in [1.54, 1.807) is 54.6 Å². The predicted octanol–water partition coefficient (Wildman–Crippen LogP) is -0.0196. The molecule has 0 aliphatic heterocycles. The second kappa shape index (κ2) is 14.1. The van der Waals surface area contributed by atoms with Gasteiger partial charge in [0.2, 0.25) is 0 Å². The molecule has 0 radical (unpaired) electrons. The monoisotopic (exact) mass is 478 g/mol. The van der Waals surface area contributed by atoms with Crippen LogP contribution in [0.3, 0.4) is 0 Å². The molecule has 0 spiro atoms. The molecule has 0 aromatic heterocycles. The smallest absolute Gasteiger partial charge is 0.870 e. The van der Waals surface area contributed by atoms with Gasteiger partial charge in [-0.15, -0.1) is 0 Å². The molecule has 0 atom stereocenters. The van der Waals surface area contributed by atoms with E-state index in [0.29, 0.717) is 0 Å². The van der Waals surface area contributed by atoms with Crippen molar-refractivity contribution < 1.29 is 15.3 Å². The van der Waals surface area contributed by atoms with E-state index < -0.39 is 33.5 Å². The van der Waals surface area contributed by atoms with Gasteiger partial charge in [-0.1, -0.05) is 90.0 Å². The van der Waals surface area contributed by atoms with Crippen LogP contribution in [0.25, 0.3) is 0 Å². The Hall–Kier alpha value is -3.06. The maximum atomic E-state index is 10.5. The van der Waals surface area contributed by atoms with E-state index in [2.05, 4.69) is 0 Å². The second-order valence-electron chi connectivity index (χ2n) is 4.92. The maximum absolute atomic E-state index is 10.5. The van der Waals surface area contributed by atoms with Crippen molar-refractivity contribution in [2.45, 2.75) is 0 Å². The Morgan fingerprint density at radius 1 is 0.393 bits per heavy atom. The number of hydrogen-bond acceptors (Lipinski definition) is 6. The van der Waals surface area contributed by atoms with Gasteiger partial charge in [-0.25, -0.2) is 0 Å². The Morgan fingerprint density at radius 3 is 0.857 bits per heavy atom. The Balaban J connectivity index is 0.000000384. The Labute approximate surface area is 179 Å². The van der Waals surface area contributed by atoms with Crippen LogP contribution in [0.5, 0.6) is 17.2 Å². The Bertz CT molecular complexity index is 906. The molecule has 0 saturated carbocycles. The van der Waals surface area contributed by atoms with Crippen LogP contribution in [-0.4, -0.2) is 25.8 Å². The summed E-state index contributed by atoms with van der Waals surface area (Å²) in [5.41, 5.74) is -1.37. The fourth-order valence-electron chi connectivity index (χ4n) is 1.54. The molecule has 7 heteroatoms. The van der Waals surface area contributed by atoms with E-state index in [9.17, 15) is 29.7 Å². The molecule has 6 nitrogen and oxygen atoms in total. The summed E-state index contributed by atoms with van der Waals surface area (Å²) < 4.78 is 0. The number of rotatable bonds is 0. The summed E-state index contributed by atoms with van der Waals surface area (Å²) in [5, 5.41) is 31.5. The van der Waals surface area contributed by atoms with Crippen molar-refractivity contribution in [1.82, 2.24) is 0 Å². The van der Waals surface area contributed by atoms with E-state index >= 15 is 0 Å². The van der Waals surface area contributed by atoms with Gasteiger partial charge in [-0.3, -0.25) is 14.4 Å². The molecule has 0 heterocycles. The van der Waals surface area contributed by atoms with E-state index in [-0.39, 0.29) is 25.8 Å². The van der Waals surface area contributed by atoms with E-state index in [4.69, 9.17) is 0 Å². The summed E-state index contributed by atoms with van der Waals surface area (Å²) in [6.07, 6.45) is 0. The van der Waals surface area contributed by atoms with E-state index in [0.717, 1.165) is 0 Å². The molecule has 138 valence electrons. The van der Waals surface area contributed by atoms with E-state index in [1.807, 2.05) is 0 Å². The molecule has 0 fully saturated rings. The molecule has 0 aliphatic carbocycles. The van der Waals surface area contributed by atoms with Crippen LogP contribution < -0.4 is 31.6 Å². The largest absolute Gasteiger partial charge is 3.00 e. The van der Waals surface area contributed by atoms with Crippen molar-refractivity contribution in [3.8, 4) is 17.2 Å². The first-order chi connectivity index (χ1) is 12.9. The minimum atomic E-state index is -0.458. The average Bonchev–Trinajstić information content (AvgIpc) is 3.04. The number of hydrogen-bond donors (Lipinski definition) is 0. The van der Waals surface area contributed by atoms with E-state index in [1.165, 1.54) is 36.4 Å². The van der Waals surface area contributed by atoms with Crippen molar-refractivity contribution in [2.75, 3.05) is 0 Å². The van der Waals surface area contributed by atoms with Crippen molar-refractivity contribution in [2.24, 2.45) is 0 Å². The van der Waals surface area contributed by atoms with Gasteiger partial charge in [0.1, 0.15) is 0 Å². The van der Waals surface area contributed by atoms with Gasteiger partial charge in [0.15, 0.2) is 16.3 Å². The van der Waals surface area contributed by atoms with Crippen molar-refractivity contribution in [3.05, 3.63) is 122 Å². The van der Waals surface area contributed by atoms with Crippen molar-refractivity contribution in [3.63, 3.8) is 0 Å². The first-order valence-electron chi connectivity index (χ1n) is 7.71. The molecule has 0 unspecified atom stereocenters. The van der Waals surface area contributed by atoms with Crippen LogP contribution in [0.4, 0.5) is 0 Å². The molecular weight excluding hydrogens is 463 g/mol. The van der Waals surface area contributed by atoms with Gasteiger partial charge in [0.25, 0.3) is 0 Å². The molecule has 0 bridgehead atoms. The van der Waals surface area contributed by atoms with Crippen LogP contribution >= 0.6 is 0 Å². The zero-order valence-corrected chi connectivity index (χ0v) is 18.0. The van der Waals surface area contributed by atoms with Gasteiger partial charge in [-0.05, 0) is 18.2 Å². The van der Waals surface area contributed by atoms with Crippen LogP contribution in [0.1, 0.15) is 0 Å². The average molecular weight is 478 g/mol.